The van der Waals surface area contributed by atoms with E-state index in [0.717, 1.165) is 33.4 Å². The molecule has 4 aromatic rings. The Kier molecular flexibility index (Phi) is 8.76. The standard InChI is InChI=1S/C22H22O.C10H8/c1-5-17-11-9-13-19(21(17)7-3)15-23-16-20-14-10-12-18(6-2)22(20)8-4;1-2-6-10-8-4-3-7-9(10)5-1/h5-14H,1-4,15-16H2;1-8H. The maximum Gasteiger partial charge on any atom is 0.0727 e. The molecule has 0 saturated heterocycles. The zero-order valence-corrected chi connectivity index (χ0v) is 19.0. The van der Waals surface area contributed by atoms with Gasteiger partial charge in [-0.05, 0) is 44.2 Å². The summed E-state index contributed by atoms with van der Waals surface area (Å²) in [5.41, 5.74) is 6.51. The molecule has 164 valence electrons. The summed E-state index contributed by atoms with van der Waals surface area (Å²) in [6, 6.07) is 28.9. The smallest absolute Gasteiger partial charge is 0.0727 e. The van der Waals surface area contributed by atoms with Gasteiger partial charge >= 0.3 is 0 Å². The van der Waals surface area contributed by atoms with Crippen molar-refractivity contribution in [3.05, 3.63) is 145 Å². The first-order valence-corrected chi connectivity index (χ1v) is 11.0. The lowest BCUT2D eigenvalue weighted by Crippen LogP contribution is -2.00. The van der Waals surface area contributed by atoms with E-state index >= 15 is 0 Å². The van der Waals surface area contributed by atoms with Gasteiger partial charge in [0, 0.05) is 0 Å². The molecule has 0 unspecified atom stereocenters. The van der Waals surface area contributed by atoms with Gasteiger partial charge in [0.25, 0.3) is 0 Å². The lowest BCUT2D eigenvalue weighted by molar-refractivity contribution is 0.107. The Hall–Kier alpha value is -3.94. The van der Waals surface area contributed by atoms with Crippen LogP contribution in [0.2, 0.25) is 0 Å². The van der Waals surface area contributed by atoms with Crippen molar-refractivity contribution in [3.63, 3.8) is 0 Å². The fraction of sp³-hybridized carbons (Fsp3) is 0.0625. The molecule has 0 amide bonds. The molecular formula is C32H30O. The second kappa shape index (κ2) is 12.2. The minimum Gasteiger partial charge on any atom is -0.372 e. The van der Waals surface area contributed by atoms with E-state index in [2.05, 4.69) is 87.0 Å². The number of benzene rings is 4. The largest absolute Gasteiger partial charge is 0.372 e. The van der Waals surface area contributed by atoms with Crippen LogP contribution in [-0.4, -0.2) is 0 Å². The molecule has 33 heavy (non-hydrogen) atoms. The van der Waals surface area contributed by atoms with Gasteiger partial charge in [-0.2, -0.15) is 0 Å². The summed E-state index contributed by atoms with van der Waals surface area (Å²) in [5, 5.41) is 2.62. The molecule has 4 aromatic carbocycles. The second-order valence-electron chi connectivity index (χ2n) is 7.50. The number of ether oxygens (including phenoxy) is 1. The summed E-state index contributed by atoms with van der Waals surface area (Å²) in [4.78, 5) is 0. The molecule has 1 heteroatoms. The molecule has 0 fully saturated rings. The average molecular weight is 431 g/mol. The van der Waals surface area contributed by atoms with Gasteiger partial charge in [-0.1, -0.05) is 136 Å². The zero-order valence-electron chi connectivity index (χ0n) is 19.0. The molecular weight excluding hydrogens is 400 g/mol. The third kappa shape index (κ3) is 6.06. The Morgan fingerprint density at radius 3 is 1.21 bits per heavy atom. The third-order valence-corrected chi connectivity index (χ3v) is 5.48. The van der Waals surface area contributed by atoms with Crippen molar-refractivity contribution in [2.45, 2.75) is 13.2 Å². The van der Waals surface area contributed by atoms with Crippen molar-refractivity contribution >= 4 is 35.1 Å². The SMILES string of the molecule is C=Cc1cccc(COCc2cccc(C=C)c2C=C)c1C=C.c1ccc2ccccc2c1. The predicted octanol–water partition coefficient (Wildman–Crippen LogP) is 8.82. The van der Waals surface area contributed by atoms with Crippen LogP contribution in [0.5, 0.6) is 0 Å². The average Bonchev–Trinajstić information content (AvgIpc) is 2.88. The number of hydrogen-bond acceptors (Lipinski definition) is 1. The first-order chi connectivity index (χ1) is 16.2. The van der Waals surface area contributed by atoms with Crippen molar-refractivity contribution in [2.24, 2.45) is 0 Å². The molecule has 0 saturated carbocycles. The van der Waals surface area contributed by atoms with E-state index in [1.54, 1.807) is 0 Å². The van der Waals surface area contributed by atoms with Gasteiger partial charge < -0.3 is 4.74 Å². The molecule has 0 heterocycles. The van der Waals surface area contributed by atoms with Gasteiger partial charge in [-0.25, -0.2) is 0 Å². The lowest BCUT2D eigenvalue weighted by Gasteiger charge is -2.12. The van der Waals surface area contributed by atoms with Crippen molar-refractivity contribution < 1.29 is 4.74 Å². The van der Waals surface area contributed by atoms with Crippen molar-refractivity contribution in [2.75, 3.05) is 0 Å². The normalized spacial score (nSPS) is 10.1. The fourth-order valence-electron chi connectivity index (χ4n) is 3.78. The summed E-state index contributed by atoms with van der Waals surface area (Å²) >= 11 is 0. The first-order valence-electron chi connectivity index (χ1n) is 11.0. The van der Waals surface area contributed by atoms with Gasteiger partial charge in [0.15, 0.2) is 0 Å². The van der Waals surface area contributed by atoms with Crippen LogP contribution in [0, 0.1) is 0 Å². The number of hydrogen-bond donors (Lipinski definition) is 0. The Morgan fingerprint density at radius 1 is 0.485 bits per heavy atom. The minimum atomic E-state index is 0.526. The molecule has 0 aliphatic heterocycles. The highest BCUT2D eigenvalue weighted by atomic mass is 16.5. The highest BCUT2D eigenvalue weighted by Gasteiger charge is 2.06. The molecule has 0 bridgehead atoms. The second-order valence-corrected chi connectivity index (χ2v) is 7.50. The summed E-state index contributed by atoms with van der Waals surface area (Å²) < 4.78 is 5.93. The molecule has 0 aliphatic carbocycles. The molecule has 1 nitrogen and oxygen atoms in total. The molecule has 0 atom stereocenters. The van der Waals surface area contributed by atoms with Crippen LogP contribution in [0.15, 0.2) is 111 Å². The number of fused-ring (bicyclic) bond motifs is 1. The Bertz CT molecular complexity index is 1130. The quantitative estimate of drug-likeness (QED) is 0.271. The predicted molar refractivity (Wildman–Crippen MR) is 146 cm³/mol. The monoisotopic (exact) mass is 430 g/mol. The van der Waals surface area contributed by atoms with Crippen molar-refractivity contribution in [3.8, 4) is 0 Å². The van der Waals surface area contributed by atoms with E-state index in [1.807, 2.05) is 48.6 Å². The van der Waals surface area contributed by atoms with Crippen LogP contribution in [0.4, 0.5) is 0 Å². The molecule has 4 rings (SSSR count). The van der Waals surface area contributed by atoms with E-state index < -0.39 is 0 Å². The maximum atomic E-state index is 5.93. The summed E-state index contributed by atoms with van der Waals surface area (Å²) in [6.07, 6.45) is 7.38. The summed E-state index contributed by atoms with van der Waals surface area (Å²) in [7, 11) is 0. The van der Waals surface area contributed by atoms with E-state index in [-0.39, 0.29) is 0 Å². The lowest BCUT2D eigenvalue weighted by atomic mass is 10.0. The molecule has 0 aromatic heterocycles. The summed E-state index contributed by atoms with van der Waals surface area (Å²) in [5.74, 6) is 0. The highest BCUT2D eigenvalue weighted by molar-refractivity contribution is 5.82. The van der Waals surface area contributed by atoms with Crippen LogP contribution in [-0.2, 0) is 18.0 Å². The van der Waals surface area contributed by atoms with Crippen LogP contribution in [0.3, 0.4) is 0 Å². The van der Waals surface area contributed by atoms with E-state index in [1.165, 1.54) is 10.8 Å². The molecule has 0 aliphatic rings. The van der Waals surface area contributed by atoms with E-state index in [4.69, 9.17) is 4.74 Å². The molecule has 0 radical (unpaired) electrons. The van der Waals surface area contributed by atoms with Crippen LogP contribution in [0.25, 0.3) is 35.1 Å². The van der Waals surface area contributed by atoms with E-state index in [0.29, 0.717) is 13.2 Å². The Morgan fingerprint density at radius 2 is 0.879 bits per heavy atom. The first kappa shape index (κ1) is 23.7. The molecule has 0 spiro atoms. The van der Waals surface area contributed by atoms with Crippen molar-refractivity contribution in [1.82, 2.24) is 0 Å². The van der Waals surface area contributed by atoms with Crippen LogP contribution in [0.1, 0.15) is 33.4 Å². The minimum absolute atomic E-state index is 0.526. The fourth-order valence-corrected chi connectivity index (χ4v) is 3.78. The maximum absolute atomic E-state index is 5.93. The van der Waals surface area contributed by atoms with Gasteiger partial charge in [0.05, 0.1) is 13.2 Å². The number of rotatable bonds is 8. The van der Waals surface area contributed by atoms with Crippen molar-refractivity contribution in [1.29, 1.82) is 0 Å². The van der Waals surface area contributed by atoms with Crippen LogP contribution >= 0.6 is 0 Å². The van der Waals surface area contributed by atoms with Crippen LogP contribution < -0.4 is 0 Å². The summed E-state index contributed by atoms with van der Waals surface area (Å²) in [6.45, 7) is 16.5. The topological polar surface area (TPSA) is 9.23 Å². The Balaban J connectivity index is 0.000000252. The zero-order chi connectivity index (χ0) is 23.5. The third-order valence-electron chi connectivity index (χ3n) is 5.48. The van der Waals surface area contributed by atoms with E-state index in [9.17, 15) is 0 Å². The van der Waals surface area contributed by atoms with Gasteiger partial charge in [-0.15, -0.1) is 0 Å². The van der Waals surface area contributed by atoms with Gasteiger partial charge in [-0.3, -0.25) is 0 Å². The van der Waals surface area contributed by atoms with Gasteiger partial charge in [0.1, 0.15) is 0 Å². The highest BCUT2D eigenvalue weighted by Crippen LogP contribution is 2.21. The van der Waals surface area contributed by atoms with Gasteiger partial charge in [0.2, 0.25) is 0 Å². The molecule has 0 N–H and O–H groups in total. The Labute approximate surface area is 197 Å².